The number of nitrogens with one attached hydrogen (secondary N) is 1. The molecule has 2 rings (SSSR count). The first kappa shape index (κ1) is 15.7. The average Bonchev–Trinajstić information content (AvgIpc) is 2.71. The van der Waals surface area contributed by atoms with Crippen molar-refractivity contribution in [3.05, 3.63) is 38.8 Å². The molecular formula is C10H9BrCl2N4O2S. The van der Waals surface area contributed by atoms with E-state index in [1.807, 2.05) is 0 Å². The van der Waals surface area contributed by atoms with Gasteiger partial charge in [0.25, 0.3) is 0 Å². The fourth-order valence-electron chi connectivity index (χ4n) is 1.48. The predicted octanol–water partition coefficient (Wildman–Crippen LogP) is 2.36. The van der Waals surface area contributed by atoms with E-state index >= 15 is 0 Å². The van der Waals surface area contributed by atoms with Crippen LogP contribution in [0, 0.1) is 0 Å². The second kappa shape index (κ2) is 5.98. The maximum absolute atomic E-state index is 12.2. The van der Waals surface area contributed by atoms with Crippen molar-refractivity contribution in [1.82, 2.24) is 19.5 Å². The predicted molar refractivity (Wildman–Crippen MR) is 79.2 cm³/mol. The molecule has 0 atom stereocenters. The van der Waals surface area contributed by atoms with E-state index in [2.05, 4.69) is 30.7 Å². The fraction of sp³-hybridized carbons (Fsp3) is 0.200. The lowest BCUT2D eigenvalue weighted by molar-refractivity contribution is 0.578. The topological polar surface area (TPSA) is 76.9 Å². The number of aryl methyl sites for hydroxylation is 1. The maximum atomic E-state index is 12.2. The molecule has 0 unspecified atom stereocenters. The molecule has 0 saturated heterocycles. The molecule has 1 aromatic carbocycles. The van der Waals surface area contributed by atoms with Crippen LogP contribution in [0.15, 0.2) is 27.8 Å². The minimum atomic E-state index is -3.85. The van der Waals surface area contributed by atoms with Crippen LogP contribution in [-0.2, 0) is 23.6 Å². The van der Waals surface area contributed by atoms with Gasteiger partial charge in [-0.2, -0.15) is 5.10 Å². The molecule has 1 heterocycles. The monoisotopic (exact) mass is 398 g/mol. The van der Waals surface area contributed by atoms with E-state index in [-0.39, 0.29) is 21.5 Å². The normalized spacial score (nSPS) is 11.8. The zero-order valence-electron chi connectivity index (χ0n) is 10.1. The van der Waals surface area contributed by atoms with Gasteiger partial charge >= 0.3 is 0 Å². The zero-order chi connectivity index (χ0) is 14.9. The van der Waals surface area contributed by atoms with Gasteiger partial charge in [0.15, 0.2) is 5.82 Å². The Morgan fingerprint density at radius 1 is 1.35 bits per heavy atom. The zero-order valence-corrected chi connectivity index (χ0v) is 14.1. The molecule has 10 heteroatoms. The van der Waals surface area contributed by atoms with E-state index in [4.69, 9.17) is 23.2 Å². The molecule has 6 nitrogen and oxygen atoms in total. The summed E-state index contributed by atoms with van der Waals surface area (Å²) in [5.41, 5.74) is 0. The van der Waals surface area contributed by atoms with Gasteiger partial charge in [-0.15, -0.1) is 0 Å². The molecular weight excluding hydrogens is 391 g/mol. The SMILES string of the molecule is Cn1cnc(CNS(=O)(=O)c2c(Cl)cc(Br)cc2Cl)n1. The van der Waals surface area contributed by atoms with Gasteiger partial charge in [-0.1, -0.05) is 39.1 Å². The number of hydrogen-bond acceptors (Lipinski definition) is 4. The summed E-state index contributed by atoms with van der Waals surface area (Å²) in [6.45, 7) is -0.0497. The van der Waals surface area contributed by atoms with Crippen molar-refractivity contribution in [2.75, 3.05) is 0 Å². The van der Waals surface area contributed by atoms with E-state index in [1.165, 1.54) is 23.1 Å². The number of benzene rings is 1. The molecule has 0 saturated carbocycles. The van der Waals surface area contributed by atoms with Crippen LogP contribution in [-0.4, -0.2) is 23.2 Å². The highest BCUT2D eigenvalue weighted by Crippen LogP contribution is 2.32. The first-order valence-electron chi connectivity index (χ1n) is 5.28. The second-order valence-electron chi connectivity index (χ2n) is 3.86. The molecule has 0 aliphatic carbocycles. The number of nitrogens with zero attached hydrogens (tertiary/aromatic N) is 3. The summed E-state index contributed by atoms with van der Waals surface area (Å²) in [5.74, 6) is 0.348. The van der Waals surface area contributed by atoms with Crippen LogP contribution in [0.3, 0.4) is 0 Å². The highest BCUT2D eigenvalue weighted by molar-refractivity contribution is 9.10. The van der Waals surface area contributed by atoms with Crippen LogP contribution in [0.25, 0.3) is 0 Å². The number of hydrogen-bond donors (Lipinski definition) is 1. The van der Waals surface area contributed by atoms with Crippen LogP contribution in [0.2, 0.25) is 10.0 Å². The minimum absolute atomic E-state index is 0.0332. The Kier molecular flexibility index (Phi) is 4.70. The van der Waals surface area contributed by atoms with Crippen molar-refractivity contribution in [2.24, 2.45) is 7.05 Å². The van der Waals surface area contributed by atoms with Gasteiger partial charge in [0.05, 0.1) is 16.6 Å². The summed E-state index contributed by atoms with van der Waals surface area (Å²) in [7, 11) is -2.16. The molecule has 0 radical (unpaired) electrons. The lowest BCUT2D eigenvalue weighted by atomic mass is 10.4. The van der Waals surface area contributed by atoms with Gasteiger partial charge < -0.3 is 0 Å². The Bertz CT molecular complexity index is 724. The van der Waals surface area contributed by atoms with Crippen LogP contribution in [0.1, 0.15) is 5.82 Å². The smallest absolute Gasteiger partial charge is 0.243 e. The van der Waals surface area contributed by atoms with E-state index in [9.17, 15) is 8.42 Å². The Morgan fingerprint density at radius 2 is 1.95 bits per heavy atom. The quantitative estimate of drug-likeness (QED) is 0.855. The molecule has 108 valence electrons. The van der Waals surface area contributed by atoms with Crippen molar-refractivity contribution in [2.45, 2.75) is 11.4 Å². The number of rotatable bonds is 4. The van der Waals surface area contributed by atoms with Crippen molar-refractivity contribution in [1.29, 1.82) is 0 Å². The van der Waals surface area contributed by atoms with Gasteiger partial charge in [-0.25, -0.2) is 18.1 Å². The molecule has 1 aromatic heterocycles. The Morgan fingerprint density at radius 3 is 2.45 bits per heavy atom. The fourth-order valence-corrected chi connectivity index (χ4v) is 4.39. The van der Waals surface area contributed by atoms with Crippen LogP contribution < -0.4 is 4.72 Å². The highest BCUT2D eigenvalue weighted by Gasteiger charge is 2.22. The van der Waals surface area contributed by atoms with Crippen LogP contribution >= 0.6 is 39.1 Å². The molecule has 0 amide bonds. The average molecular weight is 400 g/mol. The molecule has 0 spiro atoms. The molecule has 1 N–H and O–H groups in total. The van der Waals surface area contributed by atoms with E-state index in [1.54, 1.807) is 7.05 Å². The molecule has 0 fully saturated rings. The first-order chi connectivity index (χ1) is 9.29. The van der Waals surface area contributed by atoms with E-state index < -0.39 is 10.0 Å². The van der Waals surface area contributed by atoms with Gasteiger partial charge in [-0.3, -0.25) is 4.68 Å². The van der Waals surface area contributed by atoms with Crippen molar-refractivity contribution in [3.8, 4) is 0 Å². The Labute approximate surface area is 134 Å². The third-order valence-corrected chi connectivity index (χ3v) is 5.08. The minimum Gasteiger partial charge on any atom is -0.256 e. The molecule has 0 aliphatic rings. The highest BCUT2D eigenvalue weighted by atomic mass is 79.9. The van der Waals surface area contributed by atoms with Crippen molar-refractivity contribution in [3.63, 3.8) is 0 Å². The summed E-state index contributed by atoms with van der Waals surface area (Å²) in [4.78, 5) is 3.76. The largest absolute Gasteiger partial charge is 0.256 e. The first-order valence-corrected chi connectivity index (χ1v) is 8.31. The van der Waals surface area contributed by atoms with Crippen LogP contribution in [0.4, 0.5) is 0 Å². The summed E-state index contributed by atoms with van der Waals surface area (Å²) in [6, 6.07) is 2.92. The van der Waals surface area contributed by atoms with Gasteiger partial charge in [0, 0.05) is 11.5 Å². The standard InChI is InChI=1S/C10H9BrCl2N4O2S/c1-17-5-14-9(16-17)4-15-20(18,19)10-7(12)2-6(11)3-8(10)13/h2-3,5,15H,4H2,1H3. The number of sulfonamides is 1. The van der Waals surface area contributed by atoms with Gasteiger partial charge in [0.2, 0.25) is 10.0 Å². The van der Waals surface area contributed by atoms with E-state index in [0.717, 1.165) is 0 Å². The number of halogens is 3. The summed E-state index contributed by atoms with van der Waals surface area (Å²) in [6.07, 6.45) is 1.48. The van der Waals surface area contributed by atoms with E-state index in [0.29, 0.717) is 10.3 Å². The lowest BCUT2D eigenvalue weighted by Gasteiger charge is -2.09. The molecule has 0 aliphatic heterocycles. The third kappa shape index (κ3) is 3.50. The Balaban J connectivity index is 2.27. The lowest BCUT2D eigenvalue weighted by Crippen LogP contribution is -2.24. The van der Waals surface area contributed by atoms with Crippen molar-refractivity contribution >= 4 is 49.2 Å². The summed E-state index contributed by atoms with van der Waals surface area (Å²) >= 11 is 15.1. The van der Waals surface area contributed by atoms with Gasteiger partial charge in [-0.05, 0) is 12.1 Å². The summed E-state index contributed by atoms with van der Waals surface area (Å²) in [5, 5.41) is 4.04. The third-order valence-electron chi connectivity index (χ3n) is 2.30. The summed E-state index contributed by atoms with van der Waals surface area (Å²) < 4.78 is 28.8. The second-order valence-corrected chi connectivity index (χ2v) is 7.29. The van der Waals surface area contributed by atoms with Gasteiger partial charge in [0.1, 0.15) is 11.2 Å². The Hall–Kier alpha value is -0.670. The molecule has 0 bridgehead atoms. The number of aromatic nitrogens is 3. The molecule has 20 heavy (non-hydrogen) atoms. The van der Waals surface area contributed by atoms with Crippen molar-refractivity contribution < 1.29 is 8.42 Å². The maximum Gasteiger partial charge on any atom is 0.243 e. The van der Waals surface area contributed by atoms with Crippen LogP contribution in [0.5, 0.6) is 0 Å². The molecule has 2 aromatic rings.